The molecule has 1 aromatic rings. The molecule has 254 valence electrons. The minimum atomic E-state index is -1.51. The second-order valence-electron chi connectivity index (χ2n) is 10.7. The van der Waals surface area contributed by atoms with Gasteiger partial charge in [-0.1, -0.05) is 36.4 Å². The summed E-state index contributed by atoms with van der Waals surface area (Å²) < 4.78 is 64.6. The highest BCUT2D eigenvalue weighted by atomic mass is 16.8. The Hall–Kier alpha value is -3.44. The van der Waals surface area contributed by atoms with Crippen LogP contribution in [0.5, 0.6) is 0 Å². The molecule has 0 aromatic heterocycles. The monoisotopic (exact) mass is 652 g/mol. The molecule has 15 heteroatoms. The van der Waals surface area contributed by atoms with Crippen LogP contribution in [0.2, 0.25) is 0 Å². The molecule has 0 bridgehead atoms. The van der Waals surface area contributed by atoms with Gasteiger partial charge in [0, 0.05) is 40.4 Å². The molecule has 3 fully saturated rings. The van der Waals surface area contributed by atoms with Gasteiger partial charge in [-0.2, -0.15) is 0 Å². The Morgan fingerprint density at radius 2 is 1.46 bits per heavy atom. The van der Waals surface area contributed by atoms with Crippen molar-refractivity contribution in [1.29, 1.82) is 0 Å². The Labute approximate surface area is 266 Å². The lowest BCUT2D eigenvalue weighted by Gasteiger charge is -2.50. The lowest BCUT2D eigenvalue weighted by atomic mass is 9.95. The number of fused-ring (bicyclic) bond motifs is 1. The lowest BCUT2D eigenvalue weighted by Crippen LogP contribution is -2.67. The summed E-state index contributed by atoms with van der Waals surface area (Å²) in [5.74, 6) is -2.96. The van der Waals surface area contributed by atoms with E-state index in [-0.39, 0.29) is 13.2 Å². The van der Waals surface area contributed by atoms with Crippen molar-refractivity contribution in [2.45, 2.75) is 95.4 Å². The van der Waals surface area contributed by atoms with Gasteiger partial charge in [0.25, 0.3) is 0 Å². The summed E-state index contributed by atoms with van der Waals surface area (Å²) >= 11 is 0. The quantitative estimate of drug-likeness (QED) is 0.181. The average molecular weight is 653 g/mol. The molecule has 0 saturated carbocycles. The smallest absolute Gasteiger partial charge is 0.303 e. The molecule has 46 heavy (non-hydrogen) atoms. The summed E-state index contributed by atoms with van der Waals surface area (Å²) in [5, 5.41) is 0. The number of carbonyl (C=O) groups excluding carboxylic acids is 4. The standard InChI is InChI=1S/C31H40O15/c1-7-13-37-25-23-22(15-39-29(45-23)20-11-9-8-10-12-20)43-30(36-6)27(25)46-31-28(42-19(5)35)26(41-18(4)34)24(40-17(3)33)21(44-31)14-38-16(2)32/h7-12,21-31H,1,13-15H2,2-6H3. The molecule has 0 radical (unpaired) electrons. The topological polar surface area (TPSA) is 170 Å². The first-order valence-corrected chi connectivity index (χ1v) is 14.7. The van der Waals surface area contributed by atoms with Crippen LogP contribution in [-0.4, -0.2) is 112 Å². The van der Waals surface area contributed by atoms with Crippen LogP contribution in [0.25, 0.3) is 0 Å². The van der Waals surface area contributed by atoms with E-state index in [4.69, 9.17) is 52.1 Å². The molecular formula is C31H40O15. The Kier molecular flexibility index (Phi) is 12.6. The number of carbonyl (C=O) groups is 4. The molecule has 0 spiro atoms. The fraction of sp³-hybridized carbons (Fsp3) is 0.613. The number of ether oxygens (including phenoxy) is 11. The van der Waals surface area contributed by atoms with Crippen LogP contribution >= 0.6 is 0 Å². The summed E-state index contributed by atoms with van der Waals surface area (Å²) in [4.78, 5) is 48.4. The van der Waals surface area contributed by atoms with Crippen molar-refractivity contribution in [3.63, 3.8) is 0 Å². The maximum atomic E-state index is 12.3. The Bertz CT molecular complexity index is 1210. The molecule has 4 rings (SSSR count). The number of benzene rings is 1. The molecule has 11 unspecified atom stereocenters. The van der Waals surface area contributed by atoms with Gasteiger partial charge in [0.15, 0.2) is 37.2 Å². The zero-order valence-corrected chi connectivity index (χ0v) is 26.3. The van der Waals surface area contributed by atoms with Crippen molar-refractivity contribution >= 4 is 23.9 Å². The van der Waals surface area contributed by atoms with Crippen LogP contribution < -0.4 is 0 Å². The zero-order chi connectivity index (χ0) is 33.4. The second-order valence-corrected chi connectivity index (χ2v) is 10.7. The van der Waals surface area contributed by atoms with Crippen molar-refractivity contribution in [1.82, 2.24) is 0 Å². The van der Waals surface area contributed by atoms with E-state index < -0.39 is 98.2 Å². The Morgan fingerprint density at radius 1 is 0.804 bits per heavy atom. The van der Waals surface area contributed by atoms with Crippen LogP contribution in [0.4, 0.5) is 0 Å². The van der Waals surface area contributed by atoms with Gasteiger partial charge in [0.1, 0.15) is 37.1 Å². The normalized spacial score (nSPS) is 34.0. The molecule has 0 amide bonds. The molecule has 15 nitrogen and oxygen atoms in total. The first kappa shape index (κ1) is 35.4. The van der Waals surface area contributed by atoms with Crippen molar-refractivity contribution in [3.8, 4) is 0 Å². The van der Waals surface area contributed by atoms with Gasteiger partial charge >= 0.3 is 23.9 Å². The fourth-order valence-electron chi connectivity index (χ4n) is 5.48. The molecule has 0 N–H and O–H groups in total. The molecule has 3 aliphatic rings. The number of methoxy groups -OCH3 is 1. The molecule has 3 aliphatic heterocycles. The van der Waals surface area contributed by atoms with Gasteiger partial charge in [-0.15, -0.1) is 6.58 Å². The van der Waals surface area contributed by atoms with Gasteiger partial charge in [-0.25, -0.2) is 0 Å². The Balaban J connectivity index is 1.70. The third kappa shape index (κ3) is 8.88. The third-order valence-corrected chi connectivity index (χ3v) is 7.23. The predicted molar refractivity (Wildman–Crippen MR) is 152 cm³/mol. The van der Waals surface area contributed by atoms with E-state index in [1.165, 1.54) is 14.0 Å². The first-order valence-electron chi connectivity index (χ1n) is 14.7. The van der Waals surface area contributed by atoms with Crippen LogP contribution in [-0.2, 0) is 71.3 Å². The van der Waals surface area contributed by atoms with E-state index in [0.717, 1.165) is 26.3 Å². The van der Waals surface area contributed by atoms with Gasteiger partial charge in [-0.05, 0) is 0 Å². The molecule has 11 atom stereocenters. The van der Waals surface area contributed by atoms with Crippen molar-refractivity contribution < 1.29 is 71.3 Å². The van der Waals surface area contributed by atoms with Crippen molar-refractivity contribution in [2.75, 3.05) is 26.9 Å². The summed E-state index contributed by atoms with van der Waals surface area (Å²) in [6.07, 6.45) is -10.6. The van der Waals surface area contributed by atoms with E-state index >= 15 is 0 Å². The highest BCUT2D eigenvalue weighted by Crippen LogP contribution is 2.39. The van der Waals surface area contributed by atoms with Gasteiger partial charge in [0.2, 0.25) is 0 Å². The van der Waals surface area contributed by atoms with E-state index in [2.05, 4.69) is 6.58 Å². The fourth-order valence-corrected chi connectivity index (χ4v) is 5.48. The molecule has 3 heterocycles. The maximum absolute atomic E-state index is 12.3. The van der Waals surface area contributed by atoms with Crippen LogP contribution in [0, 0.1) is 0 Å². The van der Waals surface area contributed by atoms with E-state index in [0.29, 0.717) is 0 Å². The minimum Gasteiger partial charge on any atom is -0.463 e. The Morgan fingerprint density at radius 3 is 2.07 bits per heavy atom. The highest BCUT2D eigenvalue weighted by Gasteiger charge is 2.57. The highest BCUT2D eigenvalue weighted by molar-refractivity contribution is 5.68. The minimum absolute atomic E-state index is 0.0863. The number of hydrogen-bond acceptors (Lipinski definition) is 15. The summed E-state index contributed by atoms with van der Waals surface area (Å²) in [5.41, 5.74) is 0.773. The van der Waals surface area contributed by atoms with E-state index in [9.17, 15) is 19.2 Å². The number of rotatable bonds is 12. The van der Waals surface area contributed by atoms with Crippen LogP contribution in [0.3, 0.4) is 0 Å². The maximum Gasteiger partial charge on any atom is 0.303 e. The summed E-state index contributed by atoms with van der Waals surface area (Å²) in [6.45, 7) is 8.12. The van der Waals surface area contributed by atoms with Crippen LogP contribution in [0.15, 0.2) is 43.0 Å². The molecule has 1 aromatic carbocycles. The molecule has 3 saturated heterocycles. The SMILES string of the molecule is C=CCOC1C2OC(c3ccccc3)OCC2OC(OC)C1OC1OC(COC(C)=O)C(OC(C)=O)C(OC(C)=O)C1OC(C)=O. The zero-order valence-electron chi connectivity index (χ0n) is 26.3. The van der Waals surface area contributed by atoms with Gasteiger partial charge in [-0.3, -0.25) is 19.2 Å². The largest absolute Gasteiger partial charge is 0.463 e. The van der Waals surface area contributed by atoms with Crippen LogP contribution in [0.1, 0.15) is 39.5 Å². The average Bonchev–Trinajstić information content (AvgIpc) is 3.01. The van der Waals surface area contributed by atoms with Crippen molar-refractivity contribution in [3.05, 3.63) is 48.6 Å². The molecule has 0 aliphatic carbocycles. The van der Waals surface area contributed by atoms with Gasteiger partial charge in [0.05, 0.1) is 13.2 Å². The predicted octanol–water partition coefficient (Wildman–Crippen LogP) is 1.51. The first-order chi connectivity index (χ1) is 22.0. The lowest BCUT2D eigenvalue weighted by molar-refractivity contribution is -0.393. The second kappa shape index (κ2) is 16.4. The summed E-state index contributed by atoms with van der Waals surface area (Å²) in [7, 11) is 1.40. The van der Waals surface area contributed by atoms with E-state index in [1.807, 2.05) is 30.3 Å². The molecular weight excluding hydrogens is 612 g/mol. The van der Waals surface area contributed by atoms with E-state index in [1.54, 1.807) is 6.08 Å². The number of esters is 4. The summed E-state index contributed by atoms with van der Waals surface area (Å²) in [6, 6.07) is 9.30. The van der Waals surface area contributed by atoms with Gasteiger partial charge < -0.3 is 52.1 Å². The van der Waals surface area contributed by atoms with Crippen molar-refractivity contribution in [2.24, 2.45) is 0 Å². The number of hydrogen-bond donors (Lipinski definition) is 0. The third-order valence-electron chi connectivity index (χ3n) is 7.23.